The van der Waals surface area contributed by atoms with Gasteiger partial charge in [-0.15, -0.1) is 0 Å². The number of rotatable bonds is 2. The summed E-state index contributed by atoms with van der Waals surface area (Å²) in [7, 11) is 0. The van der Waals surface area contributed by atoms with Gasteiger partial charge in [-0.05, 0) is 24.8 Å². The SMILES string of the molecule is CCC1CCCN(C(=O)c2cnccc2N)C1. The van der Waals surface area contributed by atoms with E-state index in [2.05, 4.69) is 11.9 Å². The fourth-order valence-electron chi connectivity index (χ4n) is 2.34. The van der Waals surface area contributed by atoms with Gasteiger partial charge in [0.15, 0.2) is 0 Å². The highest BCUT2D eigenvalue weighted by molar-refractivity contribution is 5.98. The number of nitrogens with zero attached hydrogens (tertiary/aromatic N) is 2. The zero-order valence-electron chi connectivity index (χ0n) is 10.2. The maximum Gasteiger partial charge on any atom is 0.257 e. The van der Waals surface area contributed by atoms with Crippen LogP contribution in [0.15, 0.2) is 18.5 Å². The molecule has 1 aliphatic rings. The fraction of sp³-hybridized carbons (Fsp3) is 0.538. The van der Waals surface area contributed by atoms with E-state index in [1.165, 1.54) is 6.42 Å². The van der Waals surface area contributed by atoms with Gasteiger partial charge in [-0.25, -0.2) is 0 Å². The molecule has 0 spiro atoms. The Kier molecular flexibility index (Phi) is 3.61. The number of hydrogen-bond donors (Lipinski definition) is 1. The van der Waals surface area contributed by atoms with Crippen LogP contribution in [0.25, 0.3) is 0 Å². The minimum atomic E-state index is 0.0220. The lowest BCUT2D eigenvalue weighted by Gasteiger charge is -2.32. The summed E-state index contributed by atoms with van der Waals surface area (Å²) in [6.07, 6.45) is 6.61. The van der Waals surface area contributed by atoms with Crippen molar-refractivity contribution in [3.8, 4) is 0 Å². The Balaban J connectivity index is 2.12. The molecule has 1 aliphatic heterocycles. The number of nitrogens with two attached hydrogens (primary N) is 1. The number of nitrogen functional groups attached to an aromatic ring is 1. The molecule has 1 atom stereocenters. The number of carbonyl (C=O) groups excluding carboxylic acids is 1. The number of pyridine rings is 1. The van der Waals surface area contributed by atoms with E-state index in [0.29, 0.717) is 17.2 Å². The molecule has 1 aromatic heterocycles. The maximum atomic E-state index is 12.3. The molecule has 1 unspecified atom stereocenters. The average Bonchev–Trinajstić information content (AvgIpc) is 2.38. The second-order valence-corrected chi connectivity index (χ2v) is 4.63. The molecular weight excluding hydrogens is 214 g/mol. The first kappa shape index (κ1) is 11.9. The Bertz CT molecular complexity index is 405. The number of amides is 1. The summed E-state index contributed by atoms with van der Waals surface area (Å²) in [5.74, 6) is 0.652. The quantitative estimate of drug-likeness (QED) is 0.849. The van der Waals surface area contributed by atoms with E-state index in [1.807, 2.05) is 4.90 Å². The predicted molar refractivity (Wildman–Crippen MR) is 67.6 cm³/mol. The van der Waals surface area contributed by atoms with E-state index >= 15 is 0 Å². The zero-order valence-corrected chi connectivity index (χ0v) is 10.2. The molecule has 0 aromatic carbocycles. The molecule has 0 bridgehead atoms. The second kappa shape index (κ2) is 5.17. The van der Waals surface area contributed by atoms with Crippen LogP contribution in [0.5, 0.6) is 0 Å². The summed E-state index contributed by atoms with van der Waals surface area (Å²) in [5.41, 5.74) is 6.86. The van der Waals surface area contributed by atoms with Crippen molar-refractivity contribution < 1.29 is 4.79 Å². The summed E-state index contributed by atoms with van der Waals surface area (Å²) in [4.78, 5) is 18.2. The van der Waals surface area contributed by atoms with Gasteiger partial charge in [0.1, 0.15) is 0 Å². The predicted octanol–water partition coefficient (Wildman–Crippen LogP) is 1.93. The molecule has 1 fully saturated rings. The van der Waals surface area contributed by atoms with Gasteiger partial charge in [0.2, 0.25) is 0 Å². The van der Waals surface area contributed by atoms with Crippen molar-refractivity contribution in [2.24, 2.45) is 5.92 Å². The van der Waals surface area contributed by atoms with Crippen molar-refractivity contribution in [3.63, 3.8) is 0 Å². The highest BCUT2D eigenvalue weighted by Crippen LogP contribution is 2.22. The lowest BCUT2D eigenvalue weighted by Crippen LogP contribution is -2.40. The van der Waals surface area contributed by atoms with Crippen molar-refractivity contribution in [1.82, 2.24) is 9.88 Å². The van der Waals surface area contributed by atoms with E-state index in [1.54, 1.807) is 18.5 Å². The molecule has 0 saturated carbocycles. The number of carbonyl (C=O) groups is 1. The third-order valence-electron chi connectivity index (χ3n) is 3.47. The first-order valence-corrected chi connectivity index (χ1v) is 6.21. The Morgan fingerprint density at radius 1 is 1.65 bits per heavy atom. The topological polar surface area (TPSA) is 59.2 Å². The van der Waals surface area contributed by atoms with E-state index in [4.69, 9.17) is 5.73 Å². The van der Waals surface area contributed by atoms with Crippen LogP contribution >= 0.6 is 0 Å². The van der Waals surface area contributed by atoms with Crippen LogP contribution in [0.1, 0.15) is 36.5 Å². The van der Waals surface area contributed by atoms with Gasteiger partial charge < -0.3 is 10.6 Å². The molecule has 4 heteroatoms. The molecule has 1 aromatic rings. The third kappa shape index (κ3) is 2.57. The smallest absolute Gasteiger partial charge is 0.257 e. The van der Waals surface area contributed by atoms with Crippen molar-refractivity contribution in [1.29, 1.82) is 0 Å². The third-order valence-corrected chi connectivity index (χ3v) is 3.47. The number of hydrogen-bond acceptors (Lipinski definition) is 3. The fourth-order valence-corrected chi connectivity index (χ4v) is 2.34. The van der Waals surface area contributed by atoms with Crippen LogP contribution in [0, 0.1) is 5.92 Å². The normalized spacial score (nSPS) is 20.3. The van der Waals surface area contributed by atoms with Gasteiger partial charge in [-0.3, -0.25) is 9.78 Å². The largest absolute Gasteiger partial charge is 0.398 e. The van der Waals surface area contributed by atoms with Crippen LogP contribution < -0.4 is 5.73 Å². The second-order valence-electron chi connectivity index (χ2n) is 4.63. The molecule has 92 valence electrons. The Hall–Kier alpha value is -1.58. The first-order valence-electron chi connectivity index (χ1n) is 6.21. The van der Waals surface area contributed by atoms with E-state index in [0.717, 1.165) is 25.9 Å². The molecule has 1 saturated heterocycles. The molecular formula is C13H19N3O. The van der Waals surface area contributed by atoms with Gasteiger partial charge >= 0.3 is 0 Å². The van der Waals surface area contributed by atoms with Gasteiger partial charge in [0, 0.05) is 31.2 Å². The number of aromatic nitrogens is 1. The summed E-state index contributed by atoms with van der Waals surface area (Å²) in [6, 6.07) is 1.68. The monoisotopic (exact) mass is 233 g/mol. The van der Waals surface area contributed by atoms with Gasteiger partial charge in [-0.2, -0.15) is 0 Å². The lowest BCUT2D eigenvalue weighted by molar-refractivity contribution is 0.0672. The van der Waals surface area contributed by atoms with Crippen molar-refractivity contribution in [2.45, 2.75) is 26.2 Å². The molecule has 0 radical (unpaired) electrons. The summed E-state index contributed by atoms with van der Waals surface area (Å²) in [5, 5.41) is 0. The molecule has 2 rings (SSSR count). The summed E-state index contributed by atoms with van der Waals surface area (Å²) >= 11 is 0. The van der Waals surface area contributed by atoms with Crippen molar-refractivity contribution in [3.05, 3.63) is 24.0 Å². The van der Waals surface area contributed by atoms with Crippen molar-refractivity contribution >= 4 is 11.6 Å². The van der Waals surface area contributed by atoms with Crippen LogP contribution in [-0.2, 0) is 0 Å². The Morgan fingerprint density at radius 2 is 2.47 bits per heavy atom. The van der Waals surface area contributed by atoms with Gasteiger partial charge in [0.25, 0.3) is 5.91 Å². The van der Waals surface area contributed by atoms with Gasteiger partial charge in [0.05, 0.1) is 5.56 Å². The van der Waals surface area contributed by atoms with Crippen LogP contribution in [0.2, 0.25) is 0 Å². The first-order chi connectivity index (χ1) is 8.22. The van der Waals surface area contributed by atoms with Crippen molar-refractivity contribution in [2.75, 3.05) is 18.8 Å². The molecule has 4 nitrogen and oxygen atoms in total. The lowest BCUT2D eigenvalue weighted by atomic mass is 9.95. The molecule has 2 N–H and O–H groups in total. The molecule has 2 heterocycles. The van der Waals surface area contributed by atoms with Gasteiger partial charge in [-0.1, -0.05) is 13.3 Å². The maximum absolute atomic E-state index is 12.3. The molecule has 1 amide bonds. The highest BCUT2D eigenvalue weighted by Gasteiger charge is 2.24. The Morgan fingerprint density at radius 3 is 3.18 bits per heavy atom. The minimum Gasteiger partial charge on any atom is -0.398 e. The number of likely N-dealkylation sites (tertiary alicyclic amines) is 1. The molecule has 17 heavy (non-hydrogen) atoms. The van der Waals surface area contributed by atoms with Crippen LogP contribution in [0.4, 0.5) is 5.69 Å². The van der Waals surface area contributed by atoms with E-state index < -0.39 is 0 Å². The van der Waals surface area contributed by atoms with E-state index in [-0.39, 0.29) is 5.91 Å². The summed E-state index contributed by atoms with van der Waals surface area (Å²) in [6.45, 7) is 3.87. The zero-order chi connectivity index (χ0) is 12.3. The standard InChI is InChI=1S/C13H19N3O/c1-2-10-4-3-7-16(9-10)13(17)11-8-15-6-5-12(11)14/h5-6,8,10H,2-4,7,9H2,1H3,(H2,14,15). The molecule has 0 aliphatic carbocycles. The van der Waals surface area contributed by atoms with Crippen LogP contribution in [-0.4, -0.2) is 28.9 Å². The highest BCUT2D eigenvalue weighted by atomic mass is 16.2. The average molecular weight is 233 g/mol. The minimum absolute atomic E-state index is 0.0220. The van der Waals surface area contributed by atoms with E-state index in [9.17, 15) is 4.79 Å². The number of anilines is 1. The number of piperidine rings is 1. The summed E-state index contributed by atoms with van der Waals surface area (Å²) < 4.78 is 0. The van der Waals surface area contributed by atoms with Crippen LogP contribution in [0.3, 0.4) is 0 Å². The Labute approximate surface area is 102 Å².